The van der Waals surface area contributed by atoms with Gasteiger partial charge in [-0.15, -0.1) is 11.3 Å². The molecule has 0 spiro atoms. The summed E-state index contributed by atoms with van der Waals surface area (Å²) in [6.45, 7) is 0.958. The number of nitrogens with zero attached hydrogens (tertiary/aromatic N) is 2. The van der Waals surface area contributed by atoms with E-state index in [1.807, 2.05) is 6.07 Å². The Bertz CT molecular complexity index is 544. The zero-order chi connectivity index (χ0) is 12.4. The van der Waals surface area contributed by atoms with Crippen LogP contribution in [0.4, 0.5) is 0 Å². The minimum absolute atomic E-state index is 0.357. The summed E-state index contributed by atoms with van der Waals surface area (Å²) in [6, 6.07) is 8.74. The standard InChI is InChI=1S/C13H15N3OS/c14-5-7-17-15-10-9-12(13-4-2-8-18-13)16-6-1-3-11(10)16/h1-4,6,8,12H,5,7,9,14H2/b15-10-. The normalized spacial score (nSPS) is 20.3. The number of nitrogens with two attached hydrogens (primary N) is 1. The highest BCUT2D eigenvalue weighted by molar-refractivity contribution is 7.10. The van der Waals surface area contributed by atoms with Crippen molar-refractivity contribution >= 4 is 17.0 Å². The molecule has 0 radical (unpaired) electrons. The lowest BCUT2D eigenvalue weighted by Crippen LogP contribution is -2.07. The molecule has 0 aliphatic carbocycles. The fourth-order valence-electron chi connectivity index (χ4n) is 2.28. The minimum Gasteiger partial charge on any atom is -0.394 e. The maximum atomic E-state index is 5.39. The molecule has 0 saturated heterocycles. The Morgan fingerprint density at radius 2 is 2.39 bits per heavy atom. The molecule has 0 saturated carbocycles. The monoisotopic (exact) mass is 261 g/mol. The van der Waals surface area contributed by atoms with Crippen LogP contribution in [-0.2, 0) is 4.84 Å². The summed E-state index contributed by atoms with van der Waals surface area (Å²) in [5, 5.41) is 6.32. The molecule has 3 rings (SSSR count). The van der Waals surface area contributed by atoms with Gasteiger partial charge in [-0.1, -0.05) is 11.2 Å². The van der Waals surface area contributed by atoms with E-state index in [0.29, 0.717) is 19.2 Å². The van der Waals surface area contributed by atoms with Crippen LogP contribution in [0.2, 0.25) is 0 Å². The van der Waals surface area contributed by atoms with Gasteiger partial charge in [-0.25, -0.2) is 0 Å². The molecular formula is C13H15N3OS. The van der Waals surface area contributed by atoms with Gasteiger partial charge in [0.2, 0.25) is 0 Å². The Morgan fingerprint density at radius 3 is 3.17 bits per heavy atom. The predicted octanol–water partition coefficient (Wildman–Crippen LogP) is 2.22. The number of oxime groups is 1. The molecule has 5 heteroatoms. The molecule has 0 bridgehead atoms. The molecule has 1 aliphatic heterocycles. The third-order valence-corrected chi connectivity index (χ3v) is 4.03. The Hall–Kier alpha value is -1.59. The fourth-order valence-corrected chi connectivity index (χ4v) is 3.10. The van der Waals surface area contributed by atoms with E-state index < -0.39 is 0 Å². The van der Waals surface area contributed by atoms with E-state index in [-0.39, 0.29) is 0 Å². The molecule has 2 aromatic heterocycles. The van der Waals surface area contributed by atoms with Crippen LogP contribution < -0.4 is 5.73 Å². The third kappa shape index (κ3) is 1.95. The van der Waals surface area contributed by atoms with Crippen LogP contribution in [0.3, 0.4) is 0 Å². The first-order chi connectivity index (χ1) is 8.90. The van der Waals surface area contributed by atoms with Crippen molar-refractivity contribution < 1.29 is 4.84 Å². The predicted molar refractivity (Wildman–Crippen MR) is 73.1 cm³/mol. The molecule has 0 aromatic carbocycles. The summed E-state index contributed by atoms with van der Waals surface area (Å²) in [7, 11) is 0. The molecule has 1 atom stereocenters. The Morgan fingerprint density at radius 1 is 1.44 bits per heavy atom. The first-order valence-electron chi connectivity index (χ1n) is 5.99. The number of hydrogen-bond acceptors (Lipinski definition) is 4. The first-order valence-corrected chi connectivity index (χ1v) is 6.87. The third-order valence-electron chi connectivity index (χ3n) is 3.05. The second-order valence-corrected chi connectivity index (χ2v) is 5.18. The Balaban J connectivity index is 1.88. The van der Waals surface area contributed by atoms with Crippen LogP contribution in [0.15, 0.2) is 41.0 Å². The van der Waals surface area contributed by atoms with Crippen LogP contribution in [0.25, 0.3) is 0 Å². The highest BCUT2D eigenvalue weighted by Crippen LogP contribution is 2.34. The number of rotatable bonds is 4. The van der Waals surface area contributed by atoms with Crippen LogP contribution in [-0.4, -0.2) is 23.4 Å². The van der Waals surface area contributed by atoms with Gasteiger partial charge in [-0.3, -0.25) is 0 Å². The summed E-state index contributed by atoms with van der Waals surface area (Å²) in [4.78, 5) is 6.57. The molecule has 0 fully saturated rings. The number of thiophene rings is 1. The average Bonchev–Trinajstić information content (AvgIpc) is 3.06. The Labute approximate surface area is 110 Å². The second kappa shape index (κ2) is 4.96. The van der Waals surface area contributed by atoms with Crippen LogP contribution in [0, 0.1) is 0 Å². The SMILES string of the molecule is NCCO/N=C1/CC(c2cccs2)n2cccc21. The zero-order valence-electron chi connectivity index (χ0n) is 9.95. The van der Waals surface area contributed by atoms with E-state index in [9.17, 15) is 0 Å². The van der Waals surface area contributed by atoms with Crippen molar-refractivity contribution in [2.75, 3.05) is 13.2 Å². The fraction of sp³-hybridized carbons (Fsp3) is 0.308. The van der Waals surface area contributed by atoms with Gasteiger partial charge in [0.25, 0.3) is 0 Å². The summed E-state index contributed by atoms with van der Waals surface area (Å²) in [5.74, 6) is 0. The maximum absolute atomic E-state index is 5.39. The topological polar surface area (TPSA) is 52.5 Å². The molecule has 18 heavy (non-hydrogen) atoms. The molecule has 2 N–H and O–H groups in total. The molecule has 1 unspecified atom stereocenters. The lowest BCUT2D eigenvalue weighted by Gasteiger charge is -2.09. The molecule has 2 aromatic rings. The molecule has 4 nitrogen and oxygen atoms in total. The second-order valence-electron chi connectivity index (χ2n) is 4.20. The Kier molecular flexibility index (Phi) is 3.17. The summed E-state index contributed by atoms with van der Waals surface area (Å²) >= 11 is 1.78. The van der Waals surface area contributed by atoms with Gasteiger partial charge < -0.3 is 15.1 Å². The van der Waals surface area contributed by atoms with Gasteiger partial charge in [0, 0.05) is 24.0 Å². The van der Waals surface area contributed by atoms with Crippen molar-refractivity contribution in [3.8, 4) is 0 Å². The van der Waals surface area contributed by atoms with Gasteiger partial charge in [0.1, 0.15) is 12.3 Å². The van der Waals surface area contributed by atoms with E-state index in [2.05, 4.69) is 39.5 Å². The van der Waals surface area contributed by atoms with Crippen LogP contribution in [0.5, 0.6) is 0 Å². The smallest absolute Gasteiger partial charge is 0.129 e. The molecule has 0 amide bonds. The quantitative estimate of drug-likeness (QED) is 0.677. The van der Waals surface area contributed by atoms with Crippen molar-refractivity contribution in [1.29, 1.82) is 0 Å². The molecule has 1 aliphatic rings. The lowest BCUT2D eigenvalue weighted by atomic mass is 10.1. The maximum Gasteiger partial charge on any atom is 0.129 e. The number of fused-ring (bicyclic) bond motifs is 1. The molecule has 3 heterocycles. The van der Waals surface area contributed by atoms with E-state index in [0.717, 1.165) is 17.8 Å². The largest absolute Gasteiger partial charge is 0.394 e. The van der Waals surface area contributed by atoms with Crippen LogP contribution >= 0.6 is 11.3 Å². The van der Waals surface area contributed by atoms with Gasteiger partial charge in [-0.05, 0) is 23.6 Å². The van der Waals surface area contributed by atoms with Gasteiger partial charge in [0.15, 0.2) is 0 Å². The van der Waals surface area contributed by atoms with E-state index in [4.69, 9.17) is 10.6 Å². The highest BCUT2D eigenvalue weighted by atomic mass is 32.1. The average molecular weight is 261 g/mol. The summed E-state index contributed by atoms with van der Waals surface area (Å²) in [5.41, 5.74) is 7.54. The van der Waals surface area contributed by atoms with Crippen molar-refractivity contribution in [2.45, 2.75) is 12.5 Å². The zero-order valence-corrected chi connectivity index (χ0v) is 10.8. The highest BCUT2D eigenvalue weighted by Gasteiger charge is 2.29. The first kappa shape index (κ1) is 11.5. The molecular weight excluding hydrogens is 246 g/mol. The van der Waals surface area contributed by atoms with Crippen molar-refractivity contribution in [3.63, 3.8) is 0 Å². The van der Waals surface area contributed by atoms with Gasteiger partial charge >= 0.3 is 0 Å². The van der Waals surface area contributed by atoms with E-state index in [1.54, 1.807) is 11.3 Å². The summed E-state index contributed by atoms with van der Waals surface area (Å²) in [6.07, 6.45) is 2.99. The lowest BCUT2D eigenvalue weighted by molar-refractivity contribution is 0.152. The van der Waals surface area contributed by atoms with E-state index in [1.165, 1.54) is 4.88 Å². The van der Waals surface area contributed by atoms with E-state index >= 15 is 0 Å². The van der Waals surface area contributed by atoms with Crippen molar-refractivity contribution in [3.05, 3.63) is 46.4 Å². The van der Waals surface area contributed by atoms with Crippen LogP contribution in [0.1, 0.15) is 23.0 Å². The van der Waals surface area contributed by atoms with Gasteiger partial charge in [0.05, 0.1) is 11.7 Å². The van der Waals surface area contributed by atoms with Crippen molar-refractivity contribution in [2.24, 2.45) is 10.9 Å². The summed E-state index contributed by atoms with van der Waals surface area (Å²) < 4.78 is 2.26. The van der Waals surface area contributed by atoms with Gasteiger partial charge in [-0.2, -0.15) is 0 Å². The number of hydrogen-bond donors (Lipinski definition) is 1. The van der Waals surface area contributed by atoms with Crippen molar-refractivity contribution in [1.82, 2.24) is 4.57 Å². The number of aromatic nitrogens is 1. The molecule has 94 valence electrons. The minimum atomic E-state index is 0.357.